The number of aromatic nitrogens is 2. The van der Waals surface area contributed by atoms with Crippen LogP contribution in [0, 0.1) is 11.8 Å². The van der Waals surface area contributed by atoms with Crippen LogP contribution in [0.2, 0.25) is 5.02 Å². The number of carboxylic acid groups (broad SMARTS) is 1. The Bertz CT molecular complexity index is 1330. The molecule has 41 heavy (non-hydrogen) atoms. The van der Waals surface area contributed by atoms with Gasteiger partial charge in [0.05, 0.1) is 12.2 Å². The fourth-order valence-electron chi connectivity index (χ4n) is 6.79. The van der Waals surface area contributed by atoms with E-state index in [4.69, 9.17) is 11.6 Å². The van der Waals surface area contributed by atoms with Crippen molar-refractivity contribution < 1.29 is 18.7 Å². The number of anilines is 1. The first kappa shape index (κ1) is 28.4. The summed E-state index contributed by atoms with van der Waals surface area (Å²) >= 11 is 6.48. The first-order valence-corrected chi connectivity index (χ1v) is 15.2. The molecule has 2 aromatic rings. The third-order valence-electron chi connectivity index (χ3n) is 9.12. The lowest BCUT2D eigenvalue weighted by Gasteiger charge is -2.41. The van der Waals surface area contributed by atoms with Crippen molar-refractivity contribution in [2.24, 2.45) is 11.8 Å². The molecule has 7 nitrogen and oxygen atoms in total. The maximum Gasteiger partial charge on any atom is 0.339 e. The predicted octanol–water partition coefficient (Wildman–Crippen LogP) is 6.00. The third-order valence-corrected chi connectivity index (χ3v) is 9.36. The van der Waals surface area contributed by atoms with Crippen molar-refractivity contribution in [3.05, 3.63) is 64.5 Å². The number of benzene rings is 1. The average molecular weight is 586 g/mol. The number of allylic oxidation sites excluding steroid dienone is 2. The van der Waals surface area contributed by atoms with Crippen LogP contribution in [0.4, 0.5) is 14.5 Å². The van der Waals surface area contributed by atoms with E-state index in [1.54, 1.807) is 0 Å². The van der Waals surface area contributed by atoms with E-state index >= 15 is 0 Å². The Balaban J connectivity index is 1.19. The van der Waals surface area contributed by atoms with Crippen molar-refractivity contribution in [3.63, 3.8) is 0 Å². The van der Waals surface area contributed by atoms with Gasteiger partial charge in [-0.25, -0.2) is 13.6 Å². The van der Waals surface area contributed by atoms with Gasteiger partial charge in [-0.2, -0.15) is 5.10 Å². The molecule has 2 saturated heterocycles. The van der Waals surface area contributed by atoms with Crippen LogP contribution in [0.1, 0.15) is 66.7 Å². The molecule has 220 valence electrons. The summed E-state index contributed by atoms with van der Waals surface area (Å²) in [6.45, 7) is 9.19. The fraction of sp³-hybridized carbons (Fsp3) is 0.548. The van der Waals surface area contributed by atoms with Crippen molar-refractivity contribution in [1.29, 1.82) is 0 Å². The van der Waals surface area contributed by atoms with Crippen LogP contribution in [-0.4, -0.2) is 82.5 Å². The van der Waals surface area contributed by atoms with Crippen molar-refractivity contribution in [3.8, 4) is 0 Å². The van der Waals surface area contributed by atoms with Gasteiger partial charge < -0.3 is 14.9 Å². The van der Waals surface area contributed by atoms with Gasteiger partial charge in [0.2, 0.25) is 0 Å². The van der Waals surface area contributed by atoms with Crippen molar-refractivity contribution in [1.82, 2.24) is 19.6 Å². The summed E-state index contributed by atoms with van der Waals surface area (Å²) in [4.78, 5) is 18.9. The van der Waals surface area contributed by atoms with Crippen LogP contribution in [0.25, 0.3) is 5.57 Å². The lowest BCUT2D eigenvalue weighted by atomic mass is 9.87. The van der Waals surface area contributed by atoms with Gasteiger partial charge >= 0.3 is 5.97 Å². The van der Waals surface area contributed by atoms with Crippen molar-refractivity contribution in [2.45, 2.75) is 51.1 Å². The summed E-state index contributed by atoms with van der Waals surface area (Å²) < 4.78 is 29.1. The minimum absolute atomic E-state index is 0.342. The Morgan fingerprint density at radius 3 is 2.61 bits per heavy atom. The Kier molecular flexibility index (Phi) is 8.21. The average Bonchev–Trinajstić information content (AvgIpc) is 3.65. The Morgan fingerprint density at radius 1 is 1.15 bits per heavy atom. The highest BCUT2D eigenvalue weighted by atomic mass is 35.5. The van der Waals surface area contributed by atoms with Crippen LogP contribution >= 0.6 is 11.6 Å². The number of piperidine rings is 1. The molecule has 1 N–H and O–H groups in total. The van der Waals surface area contributed by atoms with Crippen LogP contribution in [0.5, 0.6) is 0 Å². The molecule has 3 heterocycles. The summed E-state index contributed by atoms with van der Waals surface area (Å²) in [7, 11) is 0. The van der Waals surface area contributed by atoms with Gasteiger partial charge in [-0.3, -0.25) is 9.58 Å². The number of hydrogen-bond donors (Lipinski definition) is 1. The molecule has 4 aliphatic rings. The van der Waals surface area contributed by atoms with E-state index in [1.165, 1.54) is 24.1 Å². The summed E-state index contributed by atoms with van der Waals surface area (Å²) in [5.41, 5.74) is 2.19. The molecule has 0 radical (unpaired) electrons. The summed E-state index contributed by atoms with van der Waals surface area (Å²) in [5.74, 6) is -0.118. The van der Waals surface area contributed by atoms with E-state index in [-0.39, 0.29) is 6.04 Å². The van der Waals surface area contributed by atoms with Crippen molar-refractivity contribution >= 4 is 28.8 Å². The summed E-state index contributed by atoms with van der Waals surface area (Å²) in [5, 5.41) is 14.1. The maximum absolute atomic E-state index is 13.9. The van der Waals surface area contributed by atoms with Crippen molar-refractivity contribution in [2.75, 3.05) is 50.7 Å². The standard InChI is InChI=1S/C31H38ClF2N5O2/c1-20-15-22(6-9-27(20)37-13-11-36(12-14-37)18-21-4-5-21)25-8-7-23(32)16-28(25)38-10-2-3-24(19-38)39-29(30(33)34)26(17-35-39)31(40)41/h6-9,15-17,20-21,24,27,30H,2-5,10-14,18-19H2,1H3,(H,40,41). The van der Waals surface area contributed by atoms with Gasteiger partial charge in [0.1, 0.15) is 11.3 Å². The van der Waals surface area contributed by atoms with Gasteiger partial charge in [-0.15, -0.1) is 0 Å². The maximum atomic E-state index is 13.9. The minimum atomic E-state index is -2.92. The number of carbonyl (C=O) groups is 1. The van der Waals surface area contributed by atoms with Gasteiger partial charge in [0.25, 0.3) is 6.43 Å². The second-order valence-electron chi connectivity index (χ2n) is 12.0. The zero-order valence-electron chi connectivity index (χ0n) is 23.4. The zero-order valence-corrected chi connectivity index (χ0v) is 24.2. The third kappa shape index (κ3) is 6.08. The van der Waals surface area contributed by atoms with Gasteiger partial charge in [0.15, 0.2) is 0 Å². The van der Waals surface area contributed by atoms with Crippen LogP contribution < -0.4 is 4.90 Å². The van der Waals surface area contributed by atoms with Gasteiger partial charge in [0, 0.05) is 68.1 Å². The molecule has 0 spiro atoms. The number of hydrogen-bond acceptors (Lipinski definition) is 5. The zero-order chi connectivity index (χ0) is 28.7. The number of alkyl halides is 2. The number of halogens is 3. The number of rotatable bonds is 8. The van der Waals surface area contributed by atoms with E-state index in [1.807, 2.05) is 18.2 Å². The Hall–Kier alpha value is -2.75. The Morgan fingerprint density at radius 2 is 1.93 bits per heavy atom. The van der Waals surface area contributed by atoms with Crippen LogP contribution in [-0.2, 0) is 0 Å². The van der Waals surface area contributed by atoms with Crippen LogP contribution in [0.3, 0.4) is 0 Å². The fourth-order valence-corrected chi connectivity index (χ4v) is 6.95. The highest BCUT2D eigenvalue weighted by Gasteiger charge is 2.33. The van der Waals surface area contributed by atoms with E-state index < -0.39 is 23.7 Å². The van der Waals surface area contributed by atoms with E-state index in [0.717, 1.165) is 68.1 Å². The summed E-state index contributed by atoms with van der Waals surface area (Å²) in [6.07, 6.45) is 9.21. The highest BCUT2D eigenvalue weighted by molar-refractivity contribution is 6.31. The molecule has 1 aromatic heterocycles. The molecule has 2 aliphatic carbocycles. The smallest absolute Gasteiger partial charge is 0.339 e. The molecule has 6 rings (SSSR count). The monoisotopic (exact) mass is 585 g/mol. The second kappa shape index (κ2) is 11.9. The van der Waals surface area contributed by atoms with E-state index in [0.29, 0.717) is 29.9 Å². The van der Waals surface area contributed by atoms with Gasteiger partial charge in [-0.05, 0) is 55.2 Å². The van der Waals surface area contributed by atoms with E-state index in [9.17, 15) is 18.7 Å². The molecule has 1 saturated carbocycles. The second-order valence-corrected chi connectivity index (χ2v) is 12.4. The van der Waals surface area contributed by atoms with Crippen LogP contribution in [0.15, 0.2) is 42.6 Å². The molecule has 10 heteroatoms. The molecule has 2 aliphatic heterocycles. The number of piperazine rings is 1. The van der Waals surface area contributed by atoms with E-state index in [2.05, 4.69) is 45.0 Å². The molecule has 0 bridgehead atoms. The molecule has 3 unspecified atom stereocenters. The Labute approximate surface area is 245 Å². The topological polar surface area (TPSA) is 64.8 Å². The number of carboxylic acids is 1. The highest BCUT2D eigenvalue weighted by Crippen LogP contribution is 2.38. The lowest BCUT2D eigenvalue weighted by molar-refractivity contribution is 0.0681. The SMILES string of the molecule is CC1C=C(c2ccc(Cl)cc2N2CCCC(n3ncc(C(=O)O)c3C(F)F)C2)C=CC1N1CCN(CC2CC2)CC1. The molecular weight excluding hydrogens is 548 g/mol. The molecular formula is C31H38ClF2N5O2. The largest absolute Gasteiger partial charge is 0.478 e. The number of aromatic carboxylic acids is 1. The first-order chi connectivity index (χ1) is 19.8. The molecule has 3 atom stereocenters. The first-order valence-electron chi connectivity index (χ1n) is 14.8. The minimum Gasteiger partial charge on any atom is -0.478 e. The molecule has 1 aromatic carbocycles. The molecule has 3 fully saturated rings. The predicted molar refractivity (Wildman–Crippen MR) is 157 cm³/mol. The summed E-state index contributed by atoms with van der Waals surface area (Å²) in [6, 6.07) is 5.89. The van der Waals surface area contributed by atoms with Gasteiger partial charge in [-0.1, -0.05) is 42.8 Å². The normalized spacial score (nSPS) is 26.0. The molecule has 0 amide bonds. The lowest BCUT2D eigenvalue weighted by Crippen LogP contribution is -2.51. The number of nitrogens with zero attached hydrogens (tertiary/aromatic N) is 5. The quantitative estimate of drug-likeness (QED) is 0.410.